The minimum absolute atomic E-state index is 0.0454. The summed E-state index contributed by atoms with van der Waals surface area (Å²) in [4.78, 5) is 11.8. The molecule has 2 rings (SSSR count). The summed E-state index contributed by atoms with van der Waals surface area (Å²) >= 11 is 3.16. The number of hydrogen-bond acceptors (Lipinski definition) is 3. The number of phenolic OH excluding ortho intramolecular Hbond substituents is 1. The largest absolute Gasteiger partial charge is 0.507 e. The Labute approximate surface area is 113 Å². The highest BCUT2D eigenvalue weighted by atomic mass is 79.9. The molecule has 0 aliphatic heterocycles. The molecule has 0 aliphatic rings. The Hall–Kier alpha value is -1.82. The summed E-state index contributed by atoms with van der Waals surface area (Å²) in [5.41, 5.74) is 1.34. The molecule has 0 saturated heterocycles. The second-order valence-electron chi connectivity index (χ2n) is 3.87. The third kappa shape index (κ3) is 2.89. The molecule has 18 heavy (non-hydrogen) atoms. The molecule has 5 nitrogen and oxygen atoms in total. The van der Waals surface area contributed by atoms with Crippen molar-refractivity contribution < 1.29 is 9.90 Å². The lowest BCUT2D eigenvalue weighted by atomic mass is 10.2. The molecule has 0 unspecified atom stereocenters. The van der Waals surface area contributed by atoms with Gasteiger partial charge in [0, 0.05) is 30.9 Å². The zero-order valence-electron chi connectivity index (χ0n) is 9.72. The van der Waals surface area contributed by atoms with Gasteiger partial charge >= 0.3 is 0 Å². The first-order valence-corrected chi connectivity index (χ1v) is 6.10. The standard InChI is InChI=1S/C12H12BrN3O2/c1-16-7-8(6-15-16)5-14-12(18)9-2-3-10(13)11(17)4-9/h2-4,6-7,17H,5H2,1H3,(H,14,18). The number of aryl methyl sites for hydroxylation is 1. The molecular formula is C12H12BrN3O2. The van der Waals surface area contributed by atoms with Crippen molar-refractivity contribution in [1.82, 2.24) is 15.1 Å². The van der Waals surface area contributed by atoms with Crippen LogP contribution in [0.4, 0.5) is 0 Å². The lowest BCUT2D eigenvalue weighted by molar-refractivity contribution is 0.0950. The third-order valence-electron chi connectivity index (χ3n) is 2.42. The summed E-state index contributed by atoms with van der Waals surface area (Å²) < 4.78 is 2.23. The highest BCUT2D eigenvalue weighted by molar-refractivity contribution is 9.10. The van der Waals surface area contributed by atoms with Crippen molar-refractivity contribution in [2.45, 2.75) is 6.54 Å². The van der Waals surface area contributed by atoms with Gasteiger partial charge in [-0.15, -0.1) is 0 Å². The van der Waals surface area contributed by atoms with E-state index in [-0.39, 0.29) is 11.7 Å². The van der Waals surface area contributed by atoms with Gasteiger partial charge in [0.05, 0.1) is 10.7 Å². The number of nitrogens with one attached hydrogen (secondary N) is 1. The van der Waals surface area contributed by atoms with E-state index >= 15 is 0 Å². The van der Waals surface area contributed by atoms with Crippen LogP contribution in [0.2, 0.25) is 0 Å². The molecule has 1 amide bonds. The minimum atomic E-state index is -0.235. The van der Waals surface area contributed by atoms with Gasteiger partial charge in [-0.05, 0) is 34.1 Å². The second kappa shape index (κ2) is 5.22. The van der Waals surface area contributed by atoms with Gasteiger partial charge in [0.2, 0.25) is 0 Å². The summed E-state index contributed by atoms with van der Waals surface area (Å²) in [6.07, 6.45) is 3.53. The Morgan fingerprint density at radius 3 is 2.94 bits per heavy atom. The maximum atomic E-state index is 11.8. The number of hydrogen-bond donors (Lipinski definition) is 2. The van der Waals surface area contributed by atoms with E-state index in [0.29, 0.717) is 16.6 Å². The quantitative estimate of drug-likeness (QED) is 0.909. The number of carbonyl (C=O) groups excluding carboxylic acids is 1. The van der Waals surface area contributed by atoms with Gasteiger partial charge < -0.3 is 10.4 Å². The van der Waals surface area contributed by atoms with Gasteiger partial charge in [0.25, 0.3) is 5.91 Å². The molecule has 0 saturated carbocycles. The number of amides is 1. The van der Waals surface area contributed by atoms with E-state index in [1.165, 1.54) is 6.07 Å². The Kier molecular flexibility index (Phi) is 3.66. The van der Waals surface area contributed by atoms with Crippen LogP contribution >= 0.6 is 15.9 Å². The first-order valence-electron chi connectivity index (χ1n) is 5.30. The SMILES string of the molecule is Cn1cc(CNC(=O)c2ccc(Br)c(O)c2)cn1. The molecule has 94 valence electrons. The number of aromatic hydroxyl groups is 1. The average molecular weight is 310 g/mol. The van der Waals surface area contributed by atoms with Crippen LogP contribution in [0.5, 0.6) is 5.75 Å². The van der Waals surface area contributed by atoms with E-state index in [4.69, 9.17) is 0 Å². The van der Waals surface area contributed by atoms with Gasteiger partial charge in [-0.2, -0.15) is 5.10 Å². The number of carbonyl (C=O) groups is 1. The van der Waals surface area contributed by atoms with E-state index in [0.717, 1.165) is 5.56 Å². The molecule has 0 radical (unpaired) electrons. The smallest absolute Gasteiger partial charge is 0.251 e. The highest BCUT2D eigenvalue weighted by Crippen LogP contribution is 2.24. The fourth-order valence-electron chi connectivity index (χ4n) is 1.50. The Morgan fingerprint density at radius 1 is 1.56 bits per heavy atom. The molecule has 0 aliphatic carbocycles. The lowest BCUT2D eigenvalue weighted by Crippen LogP contribution is -2.22. The molecule has 2 aromatic rings. The van der Waals surface area contributed by atoms with E-state index in [1.807, 2.05) is 13.2 Å². The number of benzene rings is 1. The van der Waals surface area contributed by atoms with Crippen LogP contribution in [-0.2, 0) is 13.6 Å². The topological polar surface area (TPSA) is 67.2 Å². The van der Waals surface area contributed by atoms with Gasteiger partial charge in [-0.25, -0.2) is 0 Å². The van der Waals surface area contributed by atoms with Gasteiger partial charge in [0.1, 0.15) is 5.75 Å². The zero-order chi connectivity index (χ0) is 13.1. The summed E-state index contributed by atoms with van der Waals surface area (Å²) in [6.45, 7) is 0.406. The first kappa shape index (κ1) is 12.6. The van der Waals surface area contributed by atoms with E-state index in [2.05, 4.69) is 26.3 Å². The third-order valence-corrected chi connectivity index (χ3v) is 3.09. The van der Waals surface area contributed by atoms with Gasteiger partial charge in [0.15, 0.2) is 0 Å². The molecule has 0 atom stereocenters. The Morgan fingerprint density at radius 2 is 2.33 bits per heavy atom. The van der Waals surface area contributed by atoms with Crippen LogP contribution in [0.15, 0.2) is 35.1 Å². The summed E-state index contributed by atoms with van der Waals surface area (Å²) in [7, 11) is 1.82. The fraction of sp³-hybridized carbons (Fsp3) is 0.167. The lowest BCUT2D eigenvalue weighted by Gasteiger charge is -2.04. The summed E-state index contributed by atoms with van der Waals surface area (Å²) in [5.74, 6) is -0.189. The van der Waals surface area contributed by atoms with Crippen LogP contribution in [0, 0.1) is 0 Å². The molecule has 0 spiro atoms. The zero-order valence-corrected chi connectivity index (χ0v) is 11.3. The van der Waals surface area contributed by atoms with Crippen molar-refractivity contribution in [2.24, 2.45) is 7.05 Å². The van der Waals surface area contributed by atoms with Crippen LogP contribution in [-0.4, -0.2) is 20.8 Å². The van der Waals surface area contributed by atoms with Crippen molar-refractivity contribution >= 4 is 21.8 Å². The normalized spacial score (nSPS) is 10.3. The average Bonchev–Trinajstić information content (AvgIpc) is 2.75. The monoisotopic (exact) mass is 309 g/mol. The number of halogens is 1. The predicted octanol–water partition coefficient (Wildman–Crippen LogP) is 1.82. The molecule has 1 aromatic carbocycles. The van der Waals surface area contributed by atoms with Gasteiger partial charge in [-0.1, -0.05) is 0 Å². The van der Waals surface area contributed by atoms with Gasteiger partial charge in [-0.3, -0.25) is 9.48 Å². The Balaban J connectivity index is 2.01. The predicted molar refractivity (Wildman–Crippen MR) is 70.2 cm³/mol. The number of phenols is 1. The van der Waals surface area contributed by atoms with E-state index in [9.17, 15) is 9.90 Å². The highest BCUT2D eigenvalue weighted by Gasteiger charge is 2.08. The van der Waals surface area contributed by atoms with Crippen LogP contribution in [0.3, 0.4) is 0 Å². The van der Waals surface area contributed by atoms with Crippen molar-refractivity contribution in [3.05, 3.63) is 46.2 Å². The number of nitrogens with zero attached hydrogens (tertiary/aromatic N) is 2. The fourth-order valence-corrected chi connectivity index (χ4v) is 1.75. The first-order chi connectivity index (χ1) is 8.56. The molecular weight excluding hydrogens is 298 g/mol. The van der Waals surface area contributed by atoms with Crippen molar-refractivity contribution in [1.29, 1.82) is 0 Å². The van der Waals surface area contributed by atoms with Crippen LogP contribution in [0.1, 0.15) is 15.9 Å². The van der Waals surface area contributed by atoms with Crippen molar-refractivity contribution in [3.8, 4) is 5.75 Å². The molecule has 6 heteroatoms. The molecule has 1 heterocycles. The number of rotatable bonds is 3. The van der Waals surface area contributed by atoms with Crippen molar-refractivity contribution in [2.75, 3.05) is 0 Å². The molecule has 0 fully saturated rings. The Bertz CT molecular complexity index is 580. The van der Waals surface area contributed by atoms with Crippen molar-refractivity contribution in [3.63, 3.8) is 0 Å². The maximum Gasteiger partial charge on any atom is 0.251 e. The van der Waals surface area contributed by atoms with E-state index < -0.39 is 0 Å². The molecule has 2 N–H and O–H groups in total. The van der Waals surface area contributed by atoms with Crippen LogP contribution in [0.25, 0.3) is 0 Å². The maximum absolute atomic E-state index is 11.8. The van der Waals surface area contributed by atoms with Crippen LogP contribution < -0.4 is 5.32 Å². The summed E-state index contributed by atoms with van der Waals surface area (Å²) in [5, 5.41) is 16.3. The number of aromatic nitrogens is 2. The minimum Gasteiger partial charge on any atom is -0.507 e. The second-order valence-corrected chi connectivity index (χ2v) is 4.73. The molecule has 0 bridgehead atoms. The summed E-state index contributed by atoms with van der Waals surface area (Å²) in [6, 6.07) is 4.69. The van der Waals surface area contributed by atoms with E-state index in [1.54, 1.807) is 23.0 Å². The molecule has 1 aromatic heterocycles.